The molecule has 1 radical (unpaired) electrons. The molecule has 1 heterocycles. The fraction of sp³-hybridized carbons (Fsp3) is 0.143. The number of rotatable bonds is 2. The van der Waals surface area contributed by atoms with E-state index in [0.29, 0.717) is 5.69 Å². The molecule has 0 N–H and O–H groups in total. The van der Waals surface area contributed by atoms with Gasteiger partial charge in [0.25, 0.3) is 0 Å². The fourth-order valence-corrected chi connectivity index (χ4v) is 0.521. The number of pyridine rings is 1. The van der Waals surface area contributed by atoms with Crippen molar-refractivity contribution in [1.82, 2.24) is 4.98 Å². The van der Waals surface area contributed by atoms with Crippen LogP contribution in [-0.4, -0.2) is 18.3 Å². The summed E-state index contributed by atoms with van der Waals surface area (Å²) in [5.41, 5.74) is 0.671. The maximum Gasteiger partial charge on any atom is 0.159 e. The van der Waals surface area contributed by atoms with Crippen LogP contribution in [0.2, 0.25) is 0 Å². The molecular formula is C7H7N2O. The van der Waals surface area contributed by atoms with E-state index in [9.17, 15) is 0 Å². The summed E-state index contributed by atoms with van der Waals surface area (Å²) in [4.78, 5) is 8.35. The van der Waals surface area contributed by atoms with Gasteiger partial charge in [-0.3, -0.25) is 4.98 Å². The van der Waals surface area contributed by atoms with Crippen LogP contribution in [0, 0.1) is 0 Å². The van der Waals surface area contributed by atoms with Crippen molar-refractivity contribution in [3.63, 3.8) is 0 Å². The van der Waals surface area contributed by atoms with E-state index in [1.165, 1.54) is 7.11 Å². The third kappa shape index (κ3) is 1.85. The first kappa shape index (κ1) is 6.74. The van der Waals surface area contributed by atoms with Crippen LogP contribution in [0.3, 0.4) is 0 Å². The summed E-state index contributed by atoms with van der Waals surface area (Å²) < 4.78 is 0. The first-order valence-electron chi connectivity index (χ1n) is 2.83. The average molecular weight is 135 g/mol. The fourth-order valence-electron chi connectivity index (χ4n) is 0.521. The van der Waals surface area contributed by atoms with Crippen molar-refractivity contribution in [2.45, 2.75) is 0 Å². The molecule has 0 spiro atoms. The van der Waals surface area contributed by atoms with Gasteiger partial charge < -0.3 is 4.84 Å². The summed E-state index contributed by atoms with van der Waals surface area (Å²) in [5, 5.41) is 3.43. The maximum absolute atomic E-state index is 4.42. The van der Waals surface area contributed by atoms with E-state index in [4.69, 9.17) is 0 Å². The highest BCUT2D eigenvalue weighted by atomic mass is 16.6. The second kappa shape index (κ2) is 3.61. The van der Waals surface area contributed by atoms with Gasteiger partial charge in [-0.25, -0.2) is 0 Å². The van der Waals surface area contributed by atoms with Gasteiger partial charge in [0, 0.05) is 6.20 Å². The Morgan fingerprint density at radius 1 is 1.60 bits per heavy atom. The van der Waals surface area contributed by atoms with Gasteiger partial charge in [-0.2, -0.15) is 0 Å². The molecule has 0 aromatic carbocycles. The Kier molecular flexibility index (Phi) is 2.43. The molecule has 0 aliphatic carbocycles. The third-order valence-corrected chi connectivity index (χ3v) is 0.916. The van der Waals surface area contributed by atoms with Crippen molar-refractivity contribution in [2.24, 2.45) is 5.16 Å². The Balaban J connectivity index is 2.67. The summed E-state index contributed by atoms with van der Waals surface area (Å²) in [6.45, 7) is 0. The lowest BCUT2D eigenvalue weighted by atomic mass is 10.4. The molecule has 0 atom stereocenters. The first-order chi connectivity index (χ1) is 4.93. The summed E-state index contributed by atoms with van der Waals surface area (Å²) in [6.07, 6.45) is 4.26. The number of hydrogen-bond donors (Lipinski definition) is 0. The first-order valence-corrected chi connectivity index (χ1v) is 2.83. The normalized spacial score (nSPS) is 10.1. The molecule has 0 amide bonds. The quantitative estimate of drug-likeness (QED) is 0.446. The molecule has 10 heavy (non-hydrogen) atoms. The second-order valence-electron chi connectivity index (χ2n) is 1.60. The van der Waals surface area contributed by atoms with Crippen LogP contribution in [0.15, 0.2) is 29.6 Å². The summed E-state index contributed by atoms with van der Waals surface area (Å²) in [5.74, 6) is 0. The molecule has 0 saturated carbocycles. The van der Waals surface area contributed by atoms with E-state index in [2.05, 4.69) is 21.2 Å². The highest BCUT2D eigenvalue weighted by Gasteiger charge is 1.84. The zero-order valence-corrected chi connectivity index (χ0v) is 5.61. The smallest absolute Gasteiger partial charge is 0.159 e. The number of hydrogen-bond acceptors (Lipinski definition) is 3. The molecule has 0 unspecified atom stereocenters. The monoisotopic (exact) mass is 135 g/mol. The van der Waals surface area contributed by atoms with Gasteiger partial charge in [-0.1, -0.05) is 11.2 Å². The highest BCUT2D eigenvalue weighted by Crippen LogP contribution is 1.87. The minimum atomic E-state index is 0.671. The molecule has 1 aromatic rings. The Morgan fingerprint density at radius 2 is 2.50 bits per heavy atom. The van der Waals surface area contributed by atoms with Crippen LogP contribution < -0.4 is 0 Å². The number of nitrogens with zero attached hydrogens (tertiary/aromatic N) is 2. The molecule has 3 heteroatoms. The number of aromatic nitrogens is 1. The van der Waals surface area contributed by atoms with Crippen molar-refractivity contribution in [1.29, 1.82) is 0 Å². The summed E-state index contributed by atoms with van der Waals surface area (Å²) >= 11 is 0. The lowest BCUT2D eigenvalue weighted by Gasteiger charge is -1.86. The van der Waals surface area contributed by atoms with Crippen molar-refractivity contribution < 1.29 is 4.84 Å². The Bertz CT molecular complexity index is 208. The largest absolute Gasteiger partial charge is 0.399 e. The Morgan fingerprint density at radius 3 is 3.10 bits per heavy atom. The minimum Gasteiger partial charge on any atom is -0.399 e. The molecule has 3 nitrogen and oxygen atoms in total. The van der Waals surface area contributed by atoms with Gasteiger partial charge in [0.05, 0.1) is 5.69 Å². The van der Waals surface area contributed by atoms with Crippen LogP contribution in [-0.2, 0) is 4.84 Å². The topological polar surface area (TPSA) is 34.5 Å². The van der Waals surface area contributed by atoms with Crippen LogP contribution in [0.1, 0.15) is 5.69 Å². The van der Waals surface area contributed by atoms with E-state index in [1.807, 2.05) is 12.1 Å². The van der Waals surface area contributed by atoms with Gasteiger partial charge in [0.2, 0.25) is 0 Å². The predicted octanol–water partition coefficient (Wildman–Crippen LogP) is 0.939. The van der Waals surface area contributed by atoms with Gasteiger partial charge in [0.15, 0.2) is 6.21 Å². The minimum absolute atomic E-state index is 0.671. The SMILES string of the molecule is CON=[C]c1ccccn1. The van der Waals surface area contributed by atoms with E-state index in [-0.39, 0.29) is 0 Å². The van der Waals surface area contributed by atoms with Gasteiger partial charge in [0.1, 0.15) is 7.11 Å². The summed E-state index contributed by atoms with van der Waals surface area (Å²) in [6, 6.07) is 5.49. The van der Waals surface area contributed by atoms with Gasteiger partial charge in [-0.15, -0.1) is 0 Å². The van der Waals surface area contributed by atoms with Gasteiger partial charge in [-0.05, 0) is 12.1 Å². The van der Waals surface area contributed by atoms with Crippen LogP contribution in [0.25, 0.3) is 0 Å². The molecule has 51 valence electrons. The van der Waals surface area contributed by atoms with Gasteiger partial charge >= 0.3 is 0 Å². The molecule has 0 saturated heterocycles. The predicted molar refractivity (Wildman–Crippen MR) is 37.8 cm³/mol. The molecule has 0 fully saturated rings. The molecule has 1 rings (SSSR count). The van der Waals surface area contributed by atoms with Crippen molar-refractivity contribution in [3.05, 3.63) is 30.1 Å². The highest BCUT2D eigenvalue weighted by molar-refractivity contribution is 5.76. The Labute approximate surface area is 59.3 Å². The van der Waals surface area contributed by atoms with Crippen molar-refractivity contribution in [3.8, 4) is 0 Å². The maximum atomic E-state index is 4.42. The van der Waals surface area contributed by atoms with E-state index >= 15 is 0 Å². The molecule has 0 bridgehead atoms. The zero-order valence-electron chi connectivity index (χ0n) is 5.61. The van der Waals surface area contributed by atoms with Crippen LogP contribution in [0.4, 0.5) is 0 Å². The molecular weight excluding hydrogens is 128 g/mol. The van der Waals surface area contributed by atoms with E-state index in [1.54, 1.807) is 12.3 Å². The molecule has 0 aliphatic rings. The van der Waals surface area contributed by atoms with Crippen molar-refractivity contribution >= 4 is 6.21 Å². The summed E-state index contributed by atoms with van der Waals surface area (Å²) in [7, 11) is 1.47. The zero-order chi connectivity index (χ0) is 7.23. The average Bonchev–Trinajstić information content (AvgIpc) is 2.03. The van der Waals surface area contributed by atoms with Crippen molar-refractivity contribution in [2.75, 3.05) is 7.11 Å². The molecule has 0 aliphatic heterocycles. The second-order valence-corrected chi connectivity index (χ2v) is 1.60. The molecule has 1 aromatic heterocycles. The van der Waals surface area contributed by atoms with E-state index < -0.39 is 0 Å². The van der Waals surface area contributed by atoms with Crippen LogP contribution in [0.5, 0.6) is 0 Å². The Hall–Kier alpha value is -1.38. The van der Waals surface area contributed by atoms with E-state index in [0.717, 1.165) is 0 Å². The lowest BCUT2D eigenvalue weighted by Crippen LogP contribution is -1.84. The lowest BCUT2D eigenvalue weighted by molar-refractivity contribution is 0.215. The third-order valence-electron chi connectivity index (χ3n) is 0.916. The van der Waals surface area contributed by atoms with Crippen LogP contribution >= 0.6 is 0 Å². The standard InChI is InChI=1S/C7H7N2O/c1-10-9-6-7-4-2-3-5-8-7/h2-5H,1H3.